The zero-order chi connectivity index (χ0) is 22.1. The van der Waals surface area contributed by atoms with Crippen LogP contribution in [0.4, 0.5) is 10.1 Å². The van der Waals surface area contributed by atoms with Crippen molar-refractivity contribution >= 4 is 22.8 Å². The van der Waals surface area contributed by atoms with Crippen LogP contribution in [0.3, 0.4) is 0 Å². The van der Waals surface area contributed by atoms with Crippen LogP contribution in [0.15, 0.2) is 61.1 Å². The van der Waals surface area contributed by atoms with Crippen LogP contribution >= 0.6 is 11.6 Å². The van der Waals surface area contributed by atoms with E-state index in [2.05, 4.69) is 50.2 Å². The number of rotatable bonds is 4. The van der Waals surface area contributed by atoms with E-state index < -0.39 is 0 Å². The number of benzene rings is 1. The Balaban J connectivity index is 1.31. The minimum absolute atomic E-state index is 0.247. The highest BCUT2D eigenvalue weighted by Gasteiger charge is 2.18. The van der Waals surface area contributed by atoms with E-state index in [1.165, 1.54) is 18.3 Å². The molecule has 0 aliphatic carbocycles. The monoisotopic (exact) mass is 446 g/mol. The summed E-state index contributed by atoms with van der Waals surface area (Å²) in [4.78, 5) is 8.88. The number of nitriles is 1. The first-order valence-corrected chi connectivity index (χ1v) is 10.7. The fraction of sp³-hybridized carbons (Fsp3) is 0.208. The fourth-order valence-corrected chi connectivity index (χ4v) is 4.37. The topological polar surface area (TPSA) is 60.5 Å². The summed E-state index contributed by atoms with van der Waals surface area (Å²) >= 11 is 6.28. The van der Waals surface area contributed by atoms with Crippen LogP contribution in [0.25, 0.3) is 16.6 Å². The van der Waals surface area contributed by atoms with E-state index in [0.29, 0.717) is 17.1 Å². The van der Waals surface area contributed by atoms with Crippen LogP contribution in [-0.4, -0.2) is 45.7 Å². The van der Waals surface area contributed by atoms with Gasteiger partial charge in [-0.05, 0) is 35.9 Å². The average Bonchev–Trinajstić information content (AvgIpc) is 3.22. The van der Waals surface area contributed by atoms with Crippen molar-refractivity contribution in [3.05, 3.63) is 83.2 Å². The molecule has 6 nitrogen and oxygen atoms in total. The van der Waals surface area contributed by atoms with Crippen molar-refractivity contribution in [3.8, 4) is 17.2 Å². The molecule has 0 saturated carbocycles. The molecule has 0 bridgehead atoms. The Morgan fingerprint density at radius 3 is 2.56 bits per heavy atom. The van der Waals surface area contributed by atoms with Gasteiger partial charge in [-0.15, -0.1) is 0 Å². The minimum atomic E-state index is -0.247. The quantitative estimate of drug-likeness (QED) is 0.465. The largest absolute Gasteiger partial charge is 0.369 e. The van der Waals surface area contributed by atoms with E-state index in [1.807, 2.05) is 6.07 Å². The Labute approximate surface area is 190 Å². The molecular weight excluding hydrogens is 427 g/mol. The molecule has 4 aromatic rings. The van der Waals surface area contributed by atoms with Gasteiger partial charge in [-0.1, -0.05) is 23.7 Å². The molecule has 3 aromatic heterocycles. The number of aromatic nitrogens is 3. The Morgan fingerprint density at radius 2 is 1.84 bits per heavy atom. The molecule has 1 aliphatic rings. The summed E-state index contributed by atoms with van der Waals surface area (Å²) in [6.07, 6.45) is 4.77. The molecule has 0 spiro atoms. The zero-order valence-corrected chi connectivity index (χ0v) is 18.0. The van der Waals surface area contributed by atoms with E-state index in [-0.39, 0.29) is 5.82 Å². The maximum absolute atomic E-state index is 13.4. The number of piperazine rings is 1. The summed E-state index contributed by atoms with van der Waals surface area (Å²) in [6.45, 7) is 4.20. The zero-order valence-electron chi connectivity index (χ0n) is 17.2. The SMILES string of the molecule is N#Cc1cnn2cc(Cl)cc(-c3ccc(N4CCN(Cc5cc(F)ccn5)CC4)cc3)c12. The summed E-state index contributed by atoms with van der Waals surface area (Å²) in [7, 11) is 0. The number of nitrogens with zero attached hydrogens (tertiary/aromatic N) is 6. The first-order chi connectivity index (χ1) is 15.6. The second-order valence-electron chi connectivity index (χ2n) is 7.81. The van der Waals surface area contributed by atoms with Crippen LogP contribution in [-0.2, 0) is 6.54 Å². The molecule has 1 saturated heterocycles. The van der Waals surface area contributed by atoms with E-state index in [9.17, 15) is 9.65 Å². The van der Waals surface area contributed by atoms with Crippen molar-refractivity contribution in [1.29, 1.82) is 5.26 Å². The molecule has 5 rings (SSSR count). The lowest BCUT2D eigenvalue weighted by Gasteiger charge is -2.36. The maximum atomic E-state index is 13.4. The van der Waals surface area contributed by atoms with Gasteiger partial charge in [0.05, 0.1) is 28.0 Å². The van der Waals surface area contributed by atoms with Gasteiger partial charge in [0.15, 0.2) is 0 Å². The van der Waals surface area contributed by atoms with Crippen LogP contribution in [0.1, 0.15) is 11.3 Å². The van der Waals surface area contributed by atoms with Crippen LogP contribution < -0.4 is 4.90 Å². The minimum Gasteiger partial charge on any atom is -0.369 e. The van der Waals surface area contributed by atoms with Gasteiger partial charge >= 0.3 is 0 Å². The summed E-state index contributed by atoms with van der Waals surface area (Å²) in [6, 6.07) is 15.2. The Kier molecular flexibility index (Phi) is 5.48. The van der Waals surface area contributed by atoms with Crippen molar-refractivity contribution < 1.29 is 4.39 Å². The third-order valence-electron chi connectivity index (χ3n) is 5.78. The van der Waals surface area contributed by atoms with Crippen molar-refractivity contribution in [3.63, 3.8) is 0 Å². The van der Waals surface area contributed by atoms with Crippen molar-refractivity contribution in [1.82, 2.24) is 19.5 Å². The molecule has 32 heavy (non-hydrogen) atoms. The second-order valence-corrected chi connectivity index (χ2v) is 8.25. The highest BCUT2D eigenvalue weighted by molar-refractivity contribution is 6.31. The van der Waals surface area contributed by atoms with Gasteiger partial charge in [-0.2, -0.15) is 10.4 Å². The van der Waals surface area contributed by atoms with Gasteiger partial charge in [0, 0.05) is 56.4 Å². The summed E-state index contributed by atoms with van der Waals surface area (Å²) in [5.74, 6) is -0.247. The number of hydrogen-bond acceptors (Lipinski definition) is 5. The van der Waals surface area contributed by atoms with E-state index in [0.717, 1.165) is 54.2 Å². The van der Waals surface area contributed by atoms with E-state index >= 15 is 0 Å². The Morgan fingerprint density at radius 1 is 1.06 bits per heavy atom. The molecule has 1 fully saturated rings. The van der Waals surface area contributed by atoms with E-state index in [4.69, 9.17) is 11.6 Å². The lowest BCUT2D eigenvalue weighted by atomic mass is 10.0. The van der Waals surface area contributed by atoms with Crippen molar-refractivity contribution in [2.24, 2.45) is 0 Å². The van der Waals surface area contributed by atoms with Gasteiger partial charge in [0.25, 0.3) is 0 Å². The molecule has 4 heterocycles. The standard InChI is InChI=1S/C24H20ClFN6/c25-19-11-23(24-18(13-27)14-29-32(24)15-19)17-1-3-22(4-2-17)31-9-7-30(8-10-31)16-21-12-20(26)5-6-28-21/h1-6,11-12,14-15H,7-10,16H2. The molecule has 160 valence electrons. The summed E-state index contributed by atoms with van der Waals surface area (Å²) < 4.78 is 15.0. The number of halogens is 2. The highest BCUT2D eigenvalue weighted by atomic mass is 35.5. The van der Waals surface area contributed by atoms with Gasteiger partial charge in [-0.25, -0.2) is 8.91 Å². The van der Waals surface area contributed by atoms with Crippen LogP contribution in [0, 0.1) is 17.1 Å². The normalized spacial score (nSPS) is 14.6. The molecule has 1 aliphatic heterocycles. The third kappa shape index (κ3) is 4.03. The first-order valence-electron chi connectivity index (χ1n) is 10.4. The number of hydrogen-bond donors (Lipinski definition) is 0. The molecule has 0 atom stereocenters. The summed E-state index contributed by atoms with van der Waals surface area (Å²) in [5, 5.41) is 14.2. The maximum Gasteiger partial charge on any atom is 0.126 e. The molecule has 0 amide bonds. The van der Waals surface area contributed by atoms with E-state index in [1.54, 1.807) is 16.9 Å². The molecule has 0 radical (unpaired) electrons. The molecule has 1 aromatic carbocycles. The lowest BCUT2D eigenvalue weighted by molar-refractivity contribution is 0.247. The average molecular weight is 447 g/mol. The van der Waals surface area contributed by atoms with Crippen LogP contribution in [0.5, 0.6) is 0 Å². The van der Waals surface area contributed by atoms with Crippen LogP contribution in [0.2, 0.25) is 5.02 Å². The first kappa shape index (κ1) is 20.4. The lowest BCUT2D eigenvalue weighted by Crippen LogP contribution is -2.46. The number of anilines is 1. The van der Waals surface area contributed by atoms with Crippen molar-refractivity contribution in [2.45, 2.75) is 6.54 Å². The van der Waals surface area contributed by atoms with Gasteiger partial charge in [0.1, 0.15) is 11.9 Å². The van der Waals surface area contributed by atoms with Gasteiger partial charge in [0.2, 0.25) is 0 Å². The molecule has 0 N–H and O–H groups in total. The number of pyridine rings is 2. The molecular formula is C24H20ClFN6. The Hall–Kier alpha value is -3.47. The second kappa shape index (κ2) is 8.58. The van der Waals surface area contributed by atoms with Crippen molar-refractivity contribution in [2.75, 3.05) is 31.1 Å². The van der Waals surface area contributed by atoms with Gasteiger partial charge in [-0.3, -0.25) is 9.88 Å². The predicted molar refractivity (Wildman–Crippen MR) is 122 cm³/mol. The fourth-order valence-electron chi connectivity index (χ4n) is 4.17. The Bertz CT molecular complexity index is 1300. The highest BCUT2D eigenvalue weighted by Crippen LogP contribution is 2.31. The summed E-state index contributed by atoms with van der Waals surface area (Å²) in [5.41, 5.74) is 5.03. The molecule has 8 heteroatoms. The molecule has 0 unspecified atom stereocenters. The third-order valence-corrected chi connectivity index (χ3v) is 5.99. The number of fused-ring (bicyclic) bond motifs is 1. The smallest absolute Gasteiger partial charge is 0.126 e. The van der Waals surface area contributed by atoms with Gasteiger partial charge < -0.3 is 4.90 Å². The predicted octanol–water partition coefficient (Wildman–Crippen LogP) is 4.38.